The normalized spacial score (nSPS) is 10.9. The number of anilines is 2. The molecule has 0 aliphatic carbocycles. The van der Waals surface area contributed by atoms with Crippen LogP contribution in [-0.2, 0) is 12.6 Å². The second kappa shape index (κ2) is 12.9. The smallest absolute Gasteiger partial charge is 0.416 e. The van der Waals surface area contributed by atoms with Crippen molar-refractivity contribution in [3.05, 3.63) is 125 Å². The Hall–Kier alpha value is -4.70. The zero-order valence-electron chi connectivity index (χ0n) is 21.0. The highest BCUT2D eigenvalue weighted by Gasteiger charge is 2.30. The minimum absolute atomic E-state index is 0.0256. The van der Waals surface area contributed by atoms with Gasteiger partial charge in [0.2, 0.25) is 0 Å². The highest BCUT2D eigenvalue weighted by molar-refractivity contribution is 7.80. The van der Waals surface area contributed by atoms with Crippen molar-refractivity contribution >= 4 is 40.5 Å². The molecule has 4 aromatic rings. The van der Waals surface area contributed by atoms with Gasteiger partial charge in [-0.1, -0.05) is 36.4 Å². The summed E-state index contributed by atoms with van der Waals surface area (Å²) in [6, 6.07) is 27.1. The molecule has 0 radical (unpaired) electrons. The lowest BCUT2D eigenvalue weighted by atomic mass is 10.1. The van der Waals surface area contributed by atoms with E-state index >= 15 is 0 Å². The maximum absolute atomic E-state index is 12.9. The standard InChI is InChI=1S/C30H24F3N3O3S/c31-30(32,33)23-7-4-8-25(19-23)34-27(37)21-9-13-24(14-10-21)35-29(40)36-28(38)22-11-15-26(16-12-22)39-18-17-20-5-2-1-3-6-20/h1-16,19H,17-18H2,(H,34,37)(H2,35,36,38,40). The number of thiocarbonyl (C=S) groups is 1. The predicted molar refractivity (Wildman–Crippen MR) is 152 cm³/mol. The Morgan fingerprint density at radius 2 is 1.38 bits per heavy atom. The molecule has 4 aromatic carbocycles. The second-order valence-electron chi connectivity index (χ2n) is 8.63. The van der Waals surface area contributed by atoms with Crippen molar-refractivity contribution in [1.82, 2.24) is 5.32 Å². The Bertz CT molecular complexity index is 1480. The van der Waals surface area contributed by atoms with Crippen molar-refractivity contribution in [3.8, 4) is 5.75 Å². The number of hydrogen-bond acceptors (Lipinski definition) is 4. The first-order valence-corrected chi connectivity index (χ1v) is 12.6. The predicted octanol–water partition coefficient (Wildman–Crippen LogP) is 6.71. The molecular formula is C30H24F3N3O3S. The number of hydrogen-bond donors (Lipinski definition) is 3. The van der Waals surface area contributed by atoms with Crippen LogP contribution in [0.5, 0.6) is 5.75 Å². The van der Waals surface area contributed by atoms with E-state index in [4.69, 9.17) is 17.0 Å². The molecule has 0 saturated heterocycles. The van der Waals surface area contributed by atoms with Gasteiger partial charge in [0.25, 0.3) is 11.8 Å². The Morgan fingerprint density at radius 3 is 2.05 bits per heavy atom. The number of ether oxygens (including phenoxy) is 1. The van der Waals surface area contributed by atoms with E-state index in [1.54, 1.807) is 36.4 Å². The molecule has 6 nitrogen and oxygen atoms in total. The first-order valence-electron chi connectivity index (χ1n) is 12.2. The summed E-state index contributed by atoms with van der Waals surface area (Å²) in [5.74, 6) is -0.343. The fourth-order valence-corrected chi connectivity index (χ4v) is 3.86. The number of benzene rings is 4. The third-order valence-corrected chi connectivity index (χ3v) is 5.90. The maximum atomic E-state index is 12.9. The van der Waals surface area contributed by atoms with Gasteiger partial charge in [-0.25, -0.2) is 0 Å². The average molecular weight is 564 g/mol. The van der Waals surface area contributed by atoms with Crippen LogP contribution < -0.4 is 20.7 Å². The van der Waals surface area contributed by atoms with Crippen LogP contribution in [0.25, 0.3) is 0 Å². The molecule has 0 aliphatic heterocycles. The molecule has 10 heteroatoms. The number of nitrogens with one attached hydrogen (secondary N) is 3. The molecule has 0 spiro atoms. The topological polar surface area (TPSA) is 79.5 Å². The fraction of sp³-hybridized carbons (Fsp3) is 0.100. The molecule has 40 heavy (non-hydrogen) atoms. The minimum Gasteiger partial charge on any atom is -0.493 e. The van der Waals surface area contributed by atoms with Crippen molar-refractivity contribution in [2.24, 2.45) is 0 Å². The van der Waals surface area contributed by atoms with E-state index in [1.165, 1.54) is 29.8 Å². The molecule has 3 N–H and O–H groups in total. The van der Waals surface area contributed by atoms with Crippen molar-refractivity contribution in [2.45, 2.75) is 12.6 Å². The molecule has 2 amide bonds. The van der Waals surface area contributed by atoms with Crippen LogP contribution in [0.2, 0.25) is 0 Å². The van der Waals surface area contributed by atoms with Gasteiger partial charge in [0.15, 0.2) is 5.11 Å². The van der Waals surface area contributed by atoms with E-state index in [1.807, 2.05) is 30.3 Å². The quantitative estimate of drug-likeness (QED) is 0.208. The summed E-state index contributed by atoms with van der Waals surface area (Å²) in [6.45, 7) is 0.509. The SMILES string of the molecule is O=C(NC(=S)Nc1ccc(C(=O)Nc2cccc(C(F)(F)F)c2)cc1)c1ccc(OCCc2ccccc2)cc1. The molecule has 0 fully saturated rings. The van der Waals surface area contributed by atoms with Crippen LogP contribution in [0.4, 0.5) is 24.5 Å². The maximum Gasteiger partial charge on any atom is 0.416 e. The summed E-state index contributed by atoms with van der Waals surface area (Å²) < 4.78 is 44.4. The number of rotatable bonds is 8. The molecular weight excluding hydrogens is 539 g/mol. The zero-order valence-corrected chi connectivity index (χ0v) is 21.8. The Kier molecular flexibility index (Phi) is 9.13. The first kappa shape index (κ1) is 28.3. The number of halogens is 3. The molecule has 0 aliphatic rings. The number of amides is 2. The minimum atomic E-state index is -4.51. The van der Waals surface area contributed by atoms with Gasteiger partial charge in [0.1, 0.15) is 5.75 Å². The molecule has 0 unspecified atom stereocenters. The average Bonchev–Trinajstić information content (AvgIpc) is 2.94. The van der Waals surface area contributed by atoms with Gasteiger partial charge in [-0.05, 0) is 84.5 Å². The highest BCUT2D eigenvalue weighted by Crippen LogP contribution is 2.30. The molecule has 0 bridgehead atoms. The Morgan fingerprint density at radius 1 is 0.725 bits per heavy atom. The van der Waals surface area contributed by atoms with E-state index in [2.05, 4.69) is 16.0 Å². The van der Waals surface area contributed by atoms with E-state index in [0.29, 0.717) is 23.6 Å². The van der Waals surface area contributed by atoms with Gasteiger partial charge in [-0.2, -0.15) is 13.2 Å². The lowest BCUT2D eigenvalue weighted by Gasteiger charge is -2.12. The van der Waals surface area contributed by atoms with Crippen LogP contribution >= 0.6 is 12.2 Å². The van der Waals surface area contributed by atoms with Crippen molar-refractivity contribution < 1.29 is 27.5 Å². The van der Waals surface area contributed by atoms with E-state index in [-0.39, 0.29) is 16.4 Å². The summed E-state index contributed by atoms with van der Waals surface area (Å²) in [4.78, 5) is 25.0. The lowest BCUT2D eigenvalue weighted by Crippen LogP contribution is -2.34. The fourth-order valence-electron chi connectivity index (χ4n) is 3.65. The number of alkyl halides is 3. The summed E-state index contributed by atoms with van der Waals surface area (Å²) in [5, 5.41) is 7.94. The van der Waals surface area contributed by atoms with E-state index < -0.39 is 23.6 Å². The van der Waals surface area contributed by atoms with Gasteiger partial charge in [-0.15, -0.1) is 0 Å². The van der Waals surface area contributed by atoms with Crippen LogP contribution in [0.1, 0.15) is 31.8 Å². The third-order valence-electron chi connectivity index (χ3n) is 5.70. The number of carbonyl (C=O) groups excluding carboxylic acids is 2. The first-order chi connectivity index (χ1) is 19.2. The van der Waals surface area contributed by atoms with Crippen LogP contribution in [-0.4, -0.2) is 23.5 Å². The Balaban J connectivity index is 1.25. The van der Waals surface area contributed by atoms with E-state index in [0.717, 1.165) is 18.6 Å². The van der Waals surface area contributed by atoms with Gasteiger partial charge < -0.3 is 15.4 Å². The van der Waals surface area contributed by atoms with Gasteiger partial charge in [0, 0.05) is 28.9 Å². The highest BCUT2D eigenvalue weighted by atomic mass is 32.1. The molecule has 4 rings (SSSR count). The van der Waals surface area contributed by atoms with Gasteiger partial charge in [0.05, 0.1) is 12.2 Å². The van der Waals surface area contributed by atoms with Crippen LogP contribution in [0.3, 0.4) is 0 Å². The number of carbonyl (C=O) groups is 2. The van der Waals surface area contributed by atoms with Crippen molar-refractivity contribution in [2.75, 3.05) is 17.2 Å². The largest absolute Gasteiger partial charge is 0.493 e. The van der Waals surface area contributed by atoms with Crippen molar-refractivity contribution in [1.29, 1.82) is 0 Å². The molecule has 0 aromatic heterocycles. The second-order valence-corrected chi connectivity index (χ2v) is 9.03. The lowest BCUT2D eigenvalue weighted by molar-refractivity contribution is -0.137. The summed E-state index contributed by atoms with van der Waals surface area (Å²) in [5.41, 5.74) is 1.46. The molecule has 0 atom stereocenters. The van der Waals surface area contributed by atoms with Crippen LogP contribution in [0, 0.1) is 0 Å². The van der Waals surface area contributed by atoms with Crippen molar-refractivity contribution in [3.63, 3.8) is 0 Å². The zero-order chi connectivity index (χ0) is 28.5. The monoisotopic (exact) mass is 563 g/mol. The van der Waals surface area contributed by atoms with Gasteiger partial charge >= 0.3 is 6.18 Å². The summed E-state index contributed by atoms with van der Waals surface area (Å²) in [6.07, 6.45) is -3.74. The molecule has 0 heterocycles. The van der Waals surface area contributed by atoms with Gasteiger partial charge in [-0.3, -0.25) is 14.9 Å². The Labute approximate surface area is 234 Å². The van der Waals surface area contributed by atoms with E-state index in [9.17, 15) is 22.8 Å². The third kappa shape index (κ3) is 8.15. The molecule has 0 saturated carbocycles. The molecule has 204 valence electrons. The summed E-state index contributed by atoms with van der Waals surface area (Å²) in [7, 11) is 0. The van der Waals surface area contributed by atoms with Crippen LogP contribution in [0.15, 0.2) is 103 Å². The summed E-state index contributed by atoms with van der Waals surface area (Å²) >= 11 is 5.22.